The molecule has 1 unspecified atom stereocenters. The van der Waals surface area contributed by atoms with E-state index in [1.54, 1.807) is 5.57 Å². The second kappa shape index (κ2) is 5.05. The van der Waals surface area contributed by atoms with Gasteiger partial charge in [-0.05, 0) is 44.2 Å². The van der Waals surface area contributed by atoms with Gasteiger partial charge in [0.05, 0.1) is 0 Å². The van der Waals surface area contributed by atoms with Gasteiger partial charge in [0.15, 0.2) is 0 Å². The maximum Gasteiger partial charge on any atom is 0.0311 e. The van der Waals surface area contributed by atoms with Crippen LogP contribution in [0.5, 0.6) is 0 Å². The molecule has 1 aromatic rings. The van der Waals surface area contributed by atoms with Crippen LogP contribution in [-0.4, -0.2) is 17.5 Å². The third-order valence-electron chi connectivity index (χ3n) is 4.10. The van der Waals surface area contributed by atoms with Gasteiger partial charge in [0, 0.05) is 12.6 Å². The lowest BCUT2D eigenvalue weighted by atomic mass is 9.86. The van der Waals surface area contributed by atoms with Crippen molar-refractivity contribution in [3.63, 3.8) is 0 Å². The van der Waals surface area contributed by atoms with E-state index >= 15 is 0 Å². The molecule has 17 heavy (non-hydrogen) atoms. The smallest absolute Gasteiger partial charge is 0.0311 e. The molecular formula is C16H21N. The molecule has 0 amide bonds. The first-order valence-electron chi connectivity index (χ1n) is 6.90. The molecule has 1 nitrogen and oxygen atoms in total. The lowest BCUT2D eigenvalue weighted by Crippen LogP contribution is -2.41. The van der Waals surface area contributed by atoms with Crippen LogP contribution in [0.25, 0.3) is 0 Å². The summed E-state index contributed by atoms with van der Waals surface area (Å²) < 4.78 is 0. The molecule has 0 radical (unpaired) electrons. The molecule has 3 rings (SSSR count). The maximum absolute atomic E-state index is 2.68. The molecule has 1 atom stereocenters. The van der Waals surface area contributed by atoms with E-state index in [2.05, 4.69) is 41.3 Å². The van der Waals surface area contributed by atoms with Crippen molar-refractivity contribution in [3.05, 3.63) is 47.5 Å². The second-order valence-electron chi connectivity index (χ2n) is 5.29. The van der Waals surface area contributed by atoms with Crippen LogP contribution in [0.3, 0.4) is 0 Å². The third kappa shape index (κ3) is 2.44. The second-order valence-corrected chi connectivity index (χ2v) is 5.29. The van der Waals surface area contributed by atoms with Crippen LogP contribution < -0.4 is 0 Å². The molecule has 1 heteroatoms. The van der Waals surface area contributed by atoms with E-state index in [9.17, 15) is 0 Å². The maximum atomic E-state index is 2.68. The van der Waals surface area contributed by atoms with Crippen molar-refractivity contribution in [2.45, 2.75) is 44.7 Å². The first kappa shape index (κ1) is 11.0. The Hall–Kier alpha value is -1.08. The SMILES string of the molecule is C1=C2CCCN(Cc3ccccc3)C2CCC1. The topological polar surface area (TPSA) is 3.24 Å². The van der Waals surface area contributed by atoms with Gasteiger partial charge in [0.25, 0.3) is 0 Å². The zero-order valence-corrected chi connectivity index (χ0v) is 10.4. The van der Waals surface area contributed by atoms with Crippen molar-refractivity contribution in [3.8, 4) is 0 Å². The zero-order valence-electron chi connectivity index (χ0n) is 10.4. The fraction of sp³-hybridized carbons (Fsp3) is 0.500. The lowest BCUT2D eigenvalue weighted by Gasteiger charge is -2.39. The predicted molar refractivity (Wildman–Crippen MR) is 71.8 cm³/mol. The normalized spacial score (nSPS) is 25.2. The minimum atomic E-state index is 0.748. The van der Waals surface area contributed by atoms with Gasteiger partial charge in [0.2, 0.25) is 0 Å². The van der Waals surface area contributed by atoms with Crippen molar-refractivity contribution in [2.24, 2.45) is 0 Å². The molecule has 90 valence electrons. The minimum Gasteiger partial charge on any atom is -0.292 e. The van der Waals surface area contributed by atoms with Crippen molar-refractivity contribution < 1.29 is 0 Å². The number of benzene rings is 1. The highest BCUT2D eigenvalue weighted by atomic mass is 15.2. The Morgan fingerprint density at radius 3 is 2.88 bits per heavy atom. The highest BCUT2D eigenvalue weighted by Gasteiger charge is 2.27. The van der Waals surface area contributed by atoms with Crippen LogP contribution in [0.4, 0.5) is 0 Å². The number of piperidine rings is 1. The monoisotopic (exact) mass is 227 g/mol. The summed E-state index contributed by atoms with van der Waals surface area (Å²) >= 11 is 0. The summed E-state index contributed by atoms with van der Waals surface area (Å²) in [5.74, 6) is 0. The van der Waals surface area contributed by atoms with Gasteiger partial charge in [-0.2, -0.15) is 0 Å². The number of likely N-dealkylation sites (tertiary alicyclic amines) is 1. The number of hydrogen-bond donors (Lipinski definition) is 0. The molecule has 1 aliphatic heterocycles. The number of rotatable bonds is 2. The predicted octanol–water partition coefficient (Wildman–Crippen LogP) is 3.76. The summed E-state index contributed by atoms with van der Waals surface area (Å²) in [7, 11) is 0. The molecular weight excluding hydrogens is 206 g/mol. The van der Waals surface area contributed by atoms with Gasteiger partial charge in [0.1, 0.15) is 0 Å². The van der Waals surface area contributed by atoms with Gasteiger partial charge in [-0.3, -0.25) is 4.90 Å². The number of fused-ring (bicyclic) bond motifs is 1. The first-order valence-corrected chi connectivity index (χ1v) is 6.90. The molecule has 2 aliphatic rings. The van der Waals surface area contributed by atoms with E-state index in [0.717, 1.165) is 12.6 Å². The average Bonchev–Trinajstić information content (AvgIpc) is 2.40. The summed E-state index contributed by atoms with van der Waals surface area (Å²) in [6.07, 6.45) is 9.25. The molecule has 0 N–H and O–H groups in total. The zero-order chi connectivity index (χ0) is 11.5. The Labute approximate surface area is 104 Å². The average molecular weight is 227 g/mol. The quantitative estimate of drug-likeness (QED) is 0.695. The molecule has 0 aromatic heterocycles. The fourth-order valence-corrected chi connectivity index (χ4v) is 3.26. The Bertz CT molecular complexity index is 393. The minimum absolute atomic E-state index is 0.748. The number of nitrogens with zero attached hydrogens (tertiary/aromatic N) is 1. The standard InChI is InChI=1S/C16H21N/c1-2-7-14(8-3-1)13-17-12-6-10-15-9-4-5-11-16(15)17/h1-3,7-9,16H,4-6,10-13H2. The van der Waals surface area contributed by atoms with Crippen molar-refractivity contribution >= 4 is 0 Å². The molecule has 1 aliphatic carbocycles. The van der Waals surface area contributed by atoms with Gasteiger partial charge < -0.3 is 0 Å². The Morgan fingerprint density at radius 1 is 1.12 bits per heavy atom. The lowest BCUT2D eigenvalue weighted by molar-refractivity contribution is 0.167. The first-order chi connectivity index (χ1) is 8.43. The third-order valence-corrected chi connectivity index (χ3v) is 4.10. The molecule has 1 fully saturated rings. The molecule has 0 saturated carbocycles. The molecule has 1 aromatic carbocycles. The summed E-state index contributed by atoms with van der Waals surface area (Å²) in [5.41, 5.74) is 3.18. The van der Waals surface area contributed by atoms with Crippen LogP contribution in [0.1, 0.15) is 37.7 Å². The summed E-state index contributed by atoms with van der Waals surface area (Å²) in [5, 5.41) is 0. The van der Waals surface area contributed by atoms with Crippen molar-refractivity contribution in [1.82, 2.24) is 4.90 Å². The van der Waals surface area contributed by atoms with Gasteiger partial charge in [-0.1, -0.05) is 42.0 Å². The van der Waals surface area contributed by atoms with Crippen molar-refractivity contribution in [1.29, 1.82) is 0 Å². The highest BCUT2D eigenvalue weighted by Crippen LogP contribution is 2.31. The van der Waals surface area contributed by atoms with Crippen LogP contribution >= 0.6 is 0 Å². The summed E-state index contributed by atoms with van der Waals surface area (Å²) in [6, 6.07) is 11.7. The molecule has 0 spiro atoms. The Kier molecular flexibility index (Phi) is 3.28. The van der Waals surface area contributed by atoms with Gasteiger partial charge >= 0.3 is 0 Å². The molecule has 1 saturated heterocycles. The van der Waals surface area contributed by atoms with E-state index in [1.807, 2.05) is 0 Å². The summed E-state index contributed by atoms with van der Waals surface area (Å²) in [6.45, 7) is 2.40. The van der Waals surface area contributed by atoms with Gasteiger partial charge in [-0.15, -0.1) is 0 Å². The van der Waals surface area contributed by atoms with Crippen LogP contribution in [-0.2, 0) is 6.54 Å². The van der Waals surface area contributed by atoms with E-state index < -0.39 is 0 Å². The molecule has 1 heterocycles. The Morgan fingerprint density at radius 2 is 2.00 bits per heavy atom. The van der Waals surface area contributed by atoms with E-state index in [0.29, 0.717) is 0 Å². The van der Waals surface area contributed by atoms with Crippen LogP contribution in [0.2, 0.25) is 0 Å². The van der Waals surface area contributed by atoms with Crippen molar-refractivity contribution in [2.75, 3.05) is 6.54 Å². The summed E-state index contributed by atoms with van der Waals surface area (Å²) in [4.78, 5) is 2.68. The van der Waals surface area contributed by atoms with E-state index in [-0.39, 0.29) is 0 Å². The highest BCUT2D eigenvalue weighted by molar-refractivity contribution is 5.19. The van der Waals surface area contributed by atoms with E-state index in [1.165, 1.54) is 44.2 Å². The van der Waals surface area contributed by atoms with E-state index in [4.69, 9.17) is 0 Å². The number of hydrogen-bond acceptors (Lipinski definition) is 1. The largest absolute Gasteiger partial charge is 0.292 e. The van der Waals surface area contributed by atoms with Gasteiger partial charge in [-0.25, -0.2) is 0 Å². The Balaban J connectivity index is 1.74. The fourth-order valence-electron chi connectivity index (χ4n) is 3.26. The van der Waals surface area contributed by atoms with Crippen LogP contribution in [0, 0.1) is 0 Å². The number of allylic oxidation sites excluding steroid dienone is 1. The molecule has 0 bridgehead atoms. The van der Waals surface area contributed by atoms with Crippen LogP contribution in [0.15, 0.2) is 42.0 Å².